The molecule has 0 bridgehead atoms. The number of aryl methyl sites for hydroxylation is 2. The summed E-state index contributed by atoms with van der Waals surface area (Å²) in [6.07, 6.45) is 2.31. The minimum absolute atomic E-state index is 0.275. The second-order valence-corrected chi connectivity index (χ2v) is 8.67. The molecule has 6 nitrogen and oxygen atoms in total. The zero-order valence-corrected chi connectivity index (χ0v) is 17.8. The van der Waals surface area contributed by atoms with Crippen molar-refractivity contribution in [1.82, 2.24) is 0 Å². The lowest BCUT2D eigenvalue weighted by Gasteiger charge is -2.12. The normalized spacial score (nSPS) is 11.5. The van der Waals surface area contributed by atoms with Crippen LogP contribution in [0.4, 0.5) is 5.69 Å². The molecule has 0 unspecified atom stereocenters. The fourth-order valence-corrected chi connectivity index (χ4v) is 4.38. The van der Waals surface area contributed by atoms with Crippen molar-refractivity contribution < 1.29 is 13.2 Å². The van der Waals surface area contributed by atoms with Crippen LogP contribution in [0.25, 0.3) is 0 Å². The maximum Gasteiger partial charge on any atom is 0.262 e. The summed E-state index contributed by atoms with van der Waals surface area (Å²) in [5.41, 5.74) is 4.10. The van der Waals surface area contributed by atoms with Gasteiger partial charge >= 0.3 is 0 Å². The molecule has 30 heavy (non-hydrogen) atoms. The Hall–Kier alpha value is -3.32. The molecule has 3 N–H and O–H groups in total. The van der Waals surface area contributed by atoms with Crippen LogP contribution < -0.4 is 15.3 Å². The number of sulfonamides is 1. The molecule has 0 aliphatic heterocycles. The van der Waals surface area contributed by atoms with E-state index in [1.165, 1.54) is 0 Å². The van der Waals surface area contributed by atoms with Gasteiger partial charge in [-0.3, -0.25) is 4.72 Å². The first-order valence-electron chi connectivity index (χ1n) is 9.52. The lowest BCUT2D eigenvalue weighted by atomic mass is 10.1. The molecule has 3 rings (SSSR count). The number of nitrogens with one attached hydrogen (secondary N) is 1. The van der Waals surface area contributed by atoms with Gasteiger partial charge in [0, 0.05) is 12.5 Å². The standard InChI is InChI=1S/C23H25N3O3S/c1-17-6-7-18(2)23(14-17)30(27,28)26-21-4-3-5-22(15-21)29-13-12-19-8-10-20(11-9-19)16-25-24/h3-11,14-16,26H,12-13,24H2,1-2H3. The molecular formula is C23H25N3O3S. The summed E-state index contributed by atoms with van der Waals surface area (Å²) in [5.74, 6) is 5.75. The number of hydrazone groups is 1. The molecule has 156 valence electrons. The Balaban J connectivity index is 1.63. The summed E-state index contributed by atoms with van der Waals surface area (Å²) in [6, 6.07) is 20.2. The van der Waals surface area contributed by atoms with Gasteiger partial charge in [-0.15, -0.1) is 0 Å². The average Bonchev–Trinajstić information content (AvgIpc) is 2.71. The SMILES string of the molecule is Cc1ccc(C)c(S(=O)(=O)Nc2cccc(OCCc3ccc(C=NN)cc3)c2)c1. The zero-order valence-electron chi connectivity index (χ0n) is 17.0. The van der Waals surface area contributed by atoms with Gasteiger partial charge in [-0.05, 0) is 54.3 Å². The molecule has 0 spiro atoms. The van der Waals surface area contributed by atoms with Crippen molar-refractivity contribution in [3.63, 3.8) is 0 Å². The minimum atomic E-state index is -3.68. The highest BCUT2D eigenvalue weighted by molar-refractivity contribution is 7.92. The second-order valence-electron chi connectivity index (χ2n) is 7.02. The monoisotopic (exact) mass is 423 g/mol. The summed E-state index contributed by atoms with van der Waals surface area (Å²) >= 11 is 0. The Bertz CT molecular complexity index is 1140. The number of rotatable bonds is 8. The summed E-state index contributed by atoms with van der Waals surface area (Å²) < 4.78 is 34.0. The van der Waals surface area contributed by atoms with E-state index >= 15 is 0 Å². The van der Waals surface area contributed by atoms with Crippen molar-refractivity contribution in [3.8, 4) is 5.75 Å². The summed E-state index contributed by atoms with van der Waals surface area (Å²) in [7, 11) is -3.68. The van der Waals surface area contributed by atoms with Crippen molar-refractivity contribution >= 4 is 21.9 Å². The highest BCUT2D eigenvalue weighted by Crippen LogP contribution is 2.23. The maximum absolute atomic E-state index is 12.8. The third-order valence-electron chi connectivity index (χ3n) is 4.58. The Labute approximate surface area is 177 Å². The number of hydrogen-bond acceptors (Lipinski definition) is 5. The van der Waals surface area contributed by atoms with E-state index in [2.05, 4.69) is 9.82 Å². The molecule has 0 saturated heterocycles. The molecule has 0 fully saturated rings. The van der Waals surface area contributed by atoms with Gasteiger partial charge in [-0.25, -0.2) is 8.42 Å². The molecule has 3 aromatic carbocycles. The smallest absolute Gasteiger partial charge is 0.262 e. The van der Waals surface area contributed by atoms with Gasteiger partial charge in [0.1, 0.15) is 5.75 Å². The van der Waals surface area contributed by atoms with Crippen LogP contribution in [0.3, 0.4) is 0 Å². The van der Waals surface area contributed by atoms with Crippen LogP contribution >= 0.6 is 0 Å². The van der Waals surface area contributed by atoms with Crippen molar-refractivity contribution in [2.45, 2.75) is 25.2 Å². The molecule has 0 amide bonds. The maximum atomic E-state index is 12.8. The molecule has 7 heteroatoms. The number of benzene rings is 3. The summed E-state index contributed by atoms with van der Waals surface area (Å²) in [4.78, 5) is 0.275. The van der Waals surface area contributed by atoms with Gasteiger partial charge in [-0.1, -0.05) is 42.5 Å². The van der Waals surface area contributed by atoms with Crippen LogP contribution in [0.5, 0.6) is 5.75 Å². The van der Waals surface area contributed by atoms with Crippen molar-refractivity contribution in [2.24, 2.45) is 10.9 Å². The van der Waals surface area contributed by atoms with E-state index < -0.39 is 10.0 Å². The average molecular weight is 424 g/mol. The number of anilines is 1. The summed E-state index contributed by atoms with van der Waals surface area (Å²) in [6.45, 7) is 4.12. The molecule has 0 saturated carbocycles. The number of nitrogens with two attached hydrogens (primary N) is 1. The Morgan fingerprint density at radius 3 is 2.53 bits per heavy atom. The predicted octanol–water partition coefficient (Wildman–Crippen LogP) is 4.02. The first-order chi connectivity index (χ1) is 14.4. The van der Waals surface area contributed by atoms with E-state index in [9.17, 15) is 8.42 Å². The van der Waals surface area contributed by atoms with Gasteiger partial charge in [0.15, 0.2) is 0 Å². The van der Waals surface area contributed by atoms with Crippen LogP contribution in [0, 0.1) is 13.8 Å². The highest BCUT2D eigenvalue weighted by atomic mass is 32.2. The fourth-order valence-electron chi connectivity index (χ4n) is 3.00. The minimum Gasteiger partial charge on any atom is -0.493 e. The zero-order chi connectivity index (χ0) is 21.6. The van der Waals surface area contributed by atoms with Crippen molar-refractivity contribution in [1.29, 1.82) is 0 Å². The quantitative estimate of drug-likeness (QED) is 0.325. The van der Waals surface area contributed by atoms with Crippen LogP contribution in [0.1, 0.15) is 22.3 Å². The van der Waals surface area contributed by atoms with Gasteiger partial charge in [0.2, 0.25) is 0 Å². The first kappa shape index (κ1) is 21.4. The molecule has 3 aromatic rings. The second kappa shape index (κ2) is 9.45. The Kier molecular flexibility index (Phi) is 6.74. The molecular weight excluding hydrogens is 398 g/mol. The number of ether oxygens (including phenoxy) is 1. The topological polar surface area (TPSA) is 93.8 Å². The predicted molar refractivity (Wildman–Crippen MR) is 121 cm³/mol. The third-order valence-corrected chi connectivity index (χ3v) is 6.11. The first-order valence-corrected chi connectivity index (χ1v) is 11.0. The molecule has 0 aromatic heterocycles. The largest absolute Gasteiger partial charge is 0.493 e. The molecule has 0 radical (unpaired) electrons. The fraction of sp³-hybridized carbons (Fsp3) is 0.174. The van der Waals surface area contributed by atoms with E-state index in [0.29, 0.717) is 23.6 Å². The Morgan fingerprint density at radius 1 is 1.03 bits per heavy atom. The van der Waals surface area contributed by atoms with E-state index in [0.717, 1.165) is 23.1 Å². The molecule has 0 atom stereocenters. The molecule has 0 aliphatic rings. The van der Waals surface area contributed by atoms with Crippen LogP contribution in [-0.2, 0) is 16.4 Å². The number of hydrogen-bond donors (Lipinski definition) is 2. The van der Waals surface area contributed by atoms with E-state index in [1.807, 2.05) is 37.3 Å². The van der Waals surface area contributed by atoms with E-state index in [1.54, 1.807) is 49.5 Å². The van der Waals surface area contributed by atoms with Crippen LogP contribution in [0.15, 0.2) is 76.7 Å². The lowest BCUT2D eigenvalue weighted by molar-refractivity contribution is 0.322. The Morgan fingerprint density at radius 2 is 1.80 bits per heavy atom. The van der Waals surface area contributed by atoms with Gasteiger partial charge in [-0.2, -0.15) is 5.10 Å². The van der Waals surface area contributed by atoms with Gasteiger partial charge < -0.3 is 10.6 Å². The van der Waals surface area contributed by atoms with Crippen molar-refractivity contribution in [2.75, 3.05) is 11.3 Å². The van der Waals surface area contributed by atoms with E-state index in [-0.39, 0.29) is 4.90 Å². The van der Waals surface area contributed by atoms with Crippen LogP contribution in [-0.4, -0.2) is 21.2 Å². The van der Waals surface area contributed by atoms with Crippen LogP contribution in [0.2, 0.25) is 0 Å². The lowest BCUT2D eigenvalue weighted by Crippen LogP contribution is -2.14. The third kappa shape index (κ3) is 5.61. The van der Waals surface area contributed by atoms with Crippen molar-refractivity contribution in [3.05, 3.63) is 89.0 Å². The number of nitrogens with zero attached hydrogens (tertiary/aromatic N) is 1. The molecule has 0 aliphatic carbocycles. The molecule has 0 heterocycles. The van der Waals surface area contributed by atoms with Gasteiger partial charge in [0.05, 0.1) is 23.4 Å². The summed E-state index contributed by atoms with van der Waals surface area (Å²) in [5, 5.41) is 3.50. The van der Waals surface area contributed by atoms with E-state index in [4.69, 9.17) is 10.6 Å². The highest BCUT2D eigenvalue weighted by Gasteiger charge is 2.17. The van der Waals surface area contributed by atoms with Gasteiger partial charge in [0.25, 0.3) is 10.0 Å².